The quantitative estimate of drug-likeness (QED) is 0.510. The van der Waals surface area contributed by atoms with Crippen molar-refractivity contribution >= 4 is 54.7 Å². The van der Waals surface area contributed by atoms with Crippen molar-refractivity contribution in [2.75, 3.05) is 39.3 Å². The number of rotatable bonds is 8. The number of piperazine rings is 1. The van der Waals surface area contributed by atoms with E-state index >= 15 is 0 Å². The number of nitrogens with zero attached hydrogens (tertiary/aromatic N) is 3. The fourth-order valence-electron chi connectivity index (χ4n) is 4.72. The summed E-state index contributed by atoms with van der Waals surface area (Å²) in [6, 6.07) is 17.7. The molecule has 2 atom stereocenters. The maximum Gasteiger partial charge on any atom is 0.239 e. The normalized spacial score (nSPS) is 16.5. The number of hydrogen-bond acceptors (Lipinski definition) is 4. The first-order valence-electron chi connectivity index (χ1n) is 11.2. The van der Waals surface area contributed by atoms with Crippen LogP contribution in [0, 0.1) is 0 Å². The molecule has 3 rings (SSSR count). The SMILES string of the molecule is CCN(CC)C(C)(c1ccccc1)N1CCN(C(=O)C(N)Cc2ccc(Cl)cc2)CC1.Cl.Cl.Cl. The molecule has 0 radical (unpaired) electrons. The van der Waals surface area contributed by atoms with Gasteiger partial charge in [0, 0.05) is 31.2 Å². The predicted octanol–water partition coefficient (Wildman–Crippen LogP) is 4.83. The molecule has 1 saturated heterocycles. The first-order chi connectivity index (χ1) is 14.9. The van der Waals surface area contributed by atoms with Crippen molar-refractivity contribution in [2.45, 2.75) is 38.9 Å². The molecule has 0 aliphatic carbocycles. The van der Waals surface area contributed by atoms with Gasteiger partial charge in [-0.05, 0) is 49.7 Å². The third kappa shape index (κ3) is 7.47. The fourth-order valence-corrected chi connectivity index (χ4v) is 4.84. The van der Waals surface area contributed by atoms with Crippen LogP contribution < -0.4 is 5.73 Å². The van der Waals surface area contributed by atoms with Crippen LogP contribution in [0.3, 0.4) is 0 Å². The molecule has 2 aromatic carbocycles. The summed E-state index contributed by atoms with van der Waals surface area (Å²) in [7, 11) is 0. The Morgan fingerprint density at radius 3 is 2.00 bits per heavy atom. The summed E-state index contributed by atoms with van der Waals surface area (Å²) in [6.45, 7) is 11.7. The zero-order valence-electron chi connectivity index (χ0n) is 20.2. The Balaban J connectivity index is 0.00000363. The lowest BCUT2D eigenvalue weighted by Gasteiger charge is -2.51. The third-order valence-corrected chi connectivity index (χ3v) is 6.85. The predicted molar refractivity (Wildman–Crippen MR) is 150 cm³/mol. The molecule has 1 heterocycles. The van der Waals surface area contributed by atoms with Gasteiger partial charge in [0.2, 0.25) is 5.91 Å². The second kappa shape index (κ2) is 15.1. The molecule has 2 aromatic rings. The molecular weight excluding hydrogens is 514 g/mol. The second-order valence-electron chi connectivity index (χ2n) is 8.31. The van der Waals surface area contributed by atoms with E-state index < -0.39 is 6.04 Å². The Morgan fingerprint density at radius 2 is 1.50 bits per heavy atom. The van der Waals surface area contributed by atoms with Crippen LogP contribution in [0.5, 0.6) is 0 Å². The van der Waals surface area contributed by atoms with Gasteiger partial charge in [-0.2, -0.15) is 0 Å². The Bertz CT molecular complexity index is 844. The van der Waals surface area contributed by atoms with Crippen LogP contribution in [-0.4, -0.2) is 65.9 Å². The number of amides is 1. The summed E-state index contributed by atoms with van der Waals surface area (Å²) in [5.74, 6) is 0.0267. The molecule has 5 nitrogen and oxygen atoms in total. The van der Waals surface area contributed by atoms with Crippen molar-refractivity contribution in [3.8, 4) is 0 Å². The first kappa shape index (κ1) is 33.0. The molecule has 1 amide bonds. The largest absolute Gasteiger partial charge is 0.339 e. The highest BCUT2D eigenvalue weighted by molar-refractivity contribution is 6.30. The Hall–Kier alpha value is -1.05. The number of carbonyl (C=O) groups is 1. The molecule has 192 valence electrons. The lowest BCUT2D eigenvalue weighted by atomic mass is 9.95. The van der Waals surface area contributed by atoms with Crippen LogP contribution in [0.2, 0.25) is 5.02 Å². The van der Waals surface area contributed by atoms with Gasteiger partial charge in [0.1, 0.15) is 0 Å². The molecule has 1 fully saturated rings. The van der Waals surface area contributed by atoms with Crippen LogP contribution in [0.15, 0.2) is 54.6 Å². The van der Waals surface area contributed by atoms with Crippen LogP contribution in [0.1, 0.15) is 31.9 Å². The van der Waals surface area contributed by atoms with Gasteiger partial charge >= 0.3 is 0 Å². The summed E-state index contributed by atoms with van der Waals surface area (Å²) < 4.78 is 0. The Labute approximate surface area is 228 Å². The third-order valence-electron chi connectivity index (χ3n) is 6.59. The summed E-state index contributed by atoms with van der Waals surface area (Å²) in [5, 5.41) is 0.689. The van der Waals surface area contributed by atoms with Crippen LogP contribution >= 0.6 is 48.8 Å². The van der Waals surface area contributed by atoms with E-state index in [1.165, 1.54) is 5.56 Å². The second-order valence-corrected chi connectivity index (χ2v) is 8.74. The van der Waals surface area contributed by atoms with Gasteiger partial charge in [-0.1, -0.05) is 67.9 Å². The van der Waals surface area contributed by atoms with Crippen molar-refractivity contribution < 1.29 is 4.79 Å². The van der Waals surface area contributed by atoms with Crippen molar-refractivity contribution in [1.29, 1.82) is 0 Å². The molecule has 0 spiro atoms. The van der Waals surface area contributed by atoms with Crippen molar-refractivity contribution in [3.63, 3.8) is 0 Å². The highest BCUT2D eigenvalue weighted by atomic mass is 35.5. The van der Waals surface area contributed by atoms with Gasteiger partial charge in [0.05, 0.1) is 11.7 Å². The van der Waals surface area contributed by atoms with E-state index in [2.05, 4.69) is 60.9 Å². The molecule has 0 bridgehead atoms. The maximum atomic E-state index is 13.0. The van der Waals surface area contributed by atoms with Crippen molar-refractivity contribution in [1.82, 2.24) is 14.7 Å². The van der Waals surface area contributed by atoms with E-state index in [4.69, 9.17) is 17.3 Å². The average molecular weight is 552 g/mol. The number of hydrogen-bond donors (Lipinski definition) is 1. The van der Waals surface area contributed by atoms with Gasteiger partial charge in [0.15, 0.2) is 0 Å². The van der Waals surface area contributed by atoms with Crippen LogP contribution in [-0.2, 0) is 16.9 Å². The smallest absolute Gasteiger partial charge is 0.239 e. The van der Waals surface area contributed by atoms with Gasteiger partial charge in [-0.15, -0.1) is 37.2 Å². The zero-order chi connectivity index (χ0) is 22.4. The van der Waals surface area contributed by atoms with E-state index in [0.29, 0.717) is 24.5 Å². The molecule has 0 aromatic heterocycles. The monoisotopic (exact) mass is 550 g/mol. The Kier molecular flexibility index (Phi) is 14.7. The van der Waals surface area contributed by atoms with E-state index in [0.717, 1.165) is 31.7 Å². The molecule has 1 aliphatic heterocycles. The fraction of sp³-hybridized carbons (Fsp3) is 0.480. The lowest BCUT2D eigenvalue weighted by molar-refractivity contribution is -0.138. The number of nitrogens with two attached hydrogens (primary N) is 1. The summed E-state index contributed by atoms with van der Waals surface area (Å²) in [4.78, 5) is 19.9. The molecule has 2 unspecified atom stereocenters. The van der Waals surface area contributed by atoms with E-state index in [-0.39, 0.29) is 48.8 Å². The minimum atomic E-state index is -0.531. The summed E-state index contributed by atoms with van der Waals surface area (Å²) in [5.41, 5.74) is 8.39. The van der Waals surface area contributed by atoms with Gasteiger partial charge < -0.3 is 10.6 Å². The van der Waals surface area contributed by atoms with Gasteiger partial charge in [-0.25, -0.2) is 0 Å². The molecule has 2 N–H and O–H groups in total. The van der Waals surface area contributed by atoms with E-state index in [1.807, 2.05) is 29.2 Å². The molecule has 9 heteroatoms. The minimum absolute atomic E-state index is 0. The average Bonchev–Trinajstić information content (AvgIpc) is 2.81. The van der Waals surface area contributed by atoms with Gasteiger partial charge in [-0.3, -0.25) is 14.6 Å². The lowest BCUT2D eigenvalue weighted by Crippen LogP contribution is -2.62. The molecule has 1 aliphatic rings. The topological polar surface area (TPSA) is 52.8 Å². The van der Waals surface area contributed by atoms with Gasteiger partial charge in [0.25, 0.3) is 0 Å². The summed E-state index contributed by atoms with van der Waals surface area (Å²) in [6.07, 6.45) is 0.525. The number of halogens is 4. The van der Waals surface area contributed by atoms with Crippen LogP contribution in [0.25, 0.3) is 0 Å². The summed E-state index contributed by atoms with van der Waals surface area (Å²) >= 11 is 5.96. The van der Waals surface area contributed by atoms with E-state index in [9.17, 15) is 4.79 Å². The van der Waals surface area contributed by atoms with Crippen molar-refractivity contribution in [2.24, 2.45) is 5.73 Å². The van der Waals surface area contributed by atoms with Crippen LogP contribution in [0.4, 0.5) is 0 Å². The highest BCUT2D eigenvalue weighted by Crippen LogP contribution is 2.33. The zero-order valence-corrected chi connectivity index (χ0v) is 23.4. The number of benzene rings is 2. The van der Waals surface area contributed by atoms with Crippen molar-refractivity contribution in [3.05, 3.63) is 70.7 Å². The number of carbonyl (C=O) groups excluding carboxylic acids is 1. The highest BCUT2D eigenvalue weighted by Gasteiger charge is 2.40. The first-order valence-corrected chi connectivity index (χ1v) is 11.6. The molecular formula is C25H38Cl4N4O. The molecule has 34 heavy (non-hydrogen) atoms. The minimum Gasteiger partial charge on any atom is -0.339 e. The Morgan fingerprint density at radius 1 is 0.971 bits per heavy atom. The molecule has 0 saturated carbocycles. The maximum absolute atomic E-state index is 13.0. The standard InChI is InChI=1S/C25H35ClN4O.3ClH/c1-4-29(5-2)25(3,21-9-7-6-8-10-21)30-17-15-28(16-18-30)24(31)23(27)19-20-11-13-22(26)14-12-20;;;/h6-14,23H,4-5,15-19,27H2,1-3H3;3*1H. The van der Waals surface area contributed by atoms with E-state index in [1.54, 1.807) is 0 Å².